The van der Waals surface area contributed by atoms with Crippen LogP contribution in [0.25, 0.3) is 5.57 Å². The van der Waals surface area contributed by atoms with Gasteiger partial charge in [0, 0.05) is 0 Å². The van der Waals surface area contributed by atoms with Gasteiger partial charge in [-0.05, 0) is 23.1 Å². The Morgan fingerprint density at radius 1 is 1.27 bits per heavy atom. The third kappa shape index (κ3) is 0.911. The Balaban J connectivity index is 2.56. The van der Waals surface area contributed by atoms with E-state index >= 15 is 0 Å². The highest BCUT2D eigenvalue weighted by molar-refractivity contribution is 5.79. The Morgan fingerprint density at radius 3 is 2.91 bits per heavy atom. The van der Waals surface area contributed by atoms with Crippen LogP contribution in [0.1, 0.15) is 11.1 Å². The molecule has 0 heteroatoms. The number of allylic oxidation sites excluding steroid dienone is 3. The van der Waals surface area contributed by atoms with Gasteiger partial charge in [0.25, 0.3) is 0 Å². The average Bonchev–Trinajstić information content (AvgIpc) is 2.47. The van der Waals surface area contributed by atoms with Crippen LogP contribution in [0.15, 0.2) is 43.0 Å². The van der Waals surface area contributed by atoms with Crippen molar-refractivity contribution in [3.8, 4) is 0 Å². The van der Waals surface area contributed by atoms with Gasteiger partial charge in [-0.3, -0.25) is 0 Å². The first kappa shape index (κ1) is 6.41. The second kappa shape index (κ2) is 2.39. The van der Waals surface area contributed by atoms with Gasteiger partial charge >= 0.3 is 0 Å². The Labute approximate surface area is 66.9 Å². The van der Waals surface area contributed by atoms with Crippen LogP contribution in [-0.4, -0.2) is 0 Å². The van der Waals surface area contributed by atoms with Crippen molar-refractivity contribution in [1.29, 1.82) is 0 Å². The molecule has 0 radical (unpaired) electrons. The van der Waals surface area contributed by atoms with Crippen molar-refractivity contribution in [2.24, 2.45) is 0 Å². The molecule has 0 saturated heterocycles. The number of rotatable bonds is 1. The lowest BCUT2D eigenvalue weighted by Gasteiger charge is -1.98. The lowest BCUT2D eigenvalue weighted by molar-refractivity contribution is 1.31. The third-order valence-corrected chi connectivity index (χ3v) is 2.09. The van der Waals surface area contributed by atoms with Gasteiger partial charge in [-0.25, -0.2) is 0 Å². The molecule has 54 valence electrons. The smallest absolute Gasteiger partial charge is 0.00821 e. The Kier molecular flexibility index (Phi) is 1.39. The normalized spacial score (nSPS) is 14.0. The molecule has 1 aliphatic rings. The Bertz CT molecular complexity index is 319. The van der Waals surface area contributed by atoms with Crippen molar-refractivity contribution in [2.75, 3.05) is 0 Å². The van der Waals surface area contributed by atoms with Crippen LogP contribution in [0.4, 0.5) is 0 Å². The van der Waals surface area contributed by atoms with Crippen LogP contribution in [-0.2, 0) is 6.42 Å². The maximum absolute atomic E-state index is 3.77. The zero-order valence-electron chi connectivity index (χ0n) is 6.38. The van der Waals surface area contributed by atoms with E-state index in [4.69, 9.17) is 0 Å². The second-order valence-electron chi connectivity index (χ2n) is 2.72. The highest BCUT2D eigenvalue weighted by Crippen LogP contribution is 2.27. The molecule has 0 nitrogen and oxygen atoms in total. The zero-order chi connectivity index (χ0) is 7.68. The average molecular weight is 142 g/mol. The van der Waals surface area contributed by atoms with E-state index in [-0.39, 0.29) is 0 Å². The fourth-order valence-corrected chi connectivity index (χ4v) is 1.50. The summed E-state index contributed by atoms with van der Waals surface area (Å²) in [6.45, 7) is 3.77. The van der Waals surface area contributed by atoms with E-state index in [1.165, 1.54) is 16.7 Å². The van der Waals surface area contributed by atoms with Gasteiger partial charge in [-0.2, -0.15) is 0 Å². The molecule has 0 fully saturated rings. The van der Waals surface area contributed by atoms with E-state index in [1.807, 2.05) is 6.08 Å². The summed E-state index contributed by atoms with van der Waals surface area (Å²) >= 11 is 0. The molecule has 0 atom stereocenters. The van der Waals surface area contributed by atoms with Crippen molar-refractivity contribution in [2.45, 2.75) is 6.42 Å². The van der Waals surface area contributed by atoms with Gasteiger partial charge in [0.1, 0.15) is 0 Å². The molecule has 0 saturated carbocycles. The molecule has 0 amide bonds. The minimum absolute atomic E-state index is 1.07. The van der Waals surface area contributed by atoms with Crippen LogP contribution in [0.5, 0.6) is 0 Å². The summed E-state index contributed by atoms with van der Waals surface area (Å²) in [6.07, 6.45) is 5.21. The summed E-state index contributed by atoms with van der Waals surface area (Å²) in [5.41, 5.74) is 4.05. The van der Waals surface area contributed by atoms with E-state index in [9.17, 15) is 0 Å². The van der Waals surface area contributed by atoms with E-state index in [1.54, 1.807) is 0 Å². The molecule has 1 aromatic carbocycles. The minimum atomic E-state index is 1.07. The molecule has 11 heavy (non-hydrogen) atoms. The number of hydrogen-bond acceptors (Lipinski definition) is 0. The summed E-state index contributed by atoms with van der Waals surface area (Å²) in [4.78, 5) is 0. The molecule has 0 aliphatic heterocycles. The molecular formula is C11H10. The van der Waals surface area contributed by atoms with Crippen LogP contribution >= 0.6 is 0 Å². The number of hydrogen-bond donors (Lipinski definition) is 0. The van der Waals surface area contributed by atoms with Crippen LogP contribution in [0.3, 0.4) is 0 Å². The molecule has 0 heterocycles. The number of benzene rings is 1. The maximum Gasteiger partial charge on any atom is -0.00821 e. The van der Waals surface area contributed by atoms with Crippen LogP contribution in [0, 0.1) is 0 Å². The SMILES string of the molecule is C=CC1=CCc2ccccc21. The fraction of sp³-hybridized carbons (Fsp3) is 0.0909. The fourth-order valence-electron chi connectivity index (χ4n) is 1.50. The van der Waals surface area contributed by atoms with E-state index < -0.39 is 0 Å². The minimum Gasteiger partial charge on any atom is -0.0985 e. The molecule has 1 aromatic rings. The molecule has 0 aromatic heterocycles. The first-order valence-corrected chi connectivity index (χ1v) is 3.82. The second-order valence-corrected chi connectivity index (χ2v) is 2.72. The highest BCUT2D eigenvalue weighted by atomic mass is 14.1. The number of fused-ring (bicyclic) bond motifs is 1. The first-order valence-electron chi connectivity index (χ1n) is 3.82. The predicted molar refractivity (Wildman–Crippen MR) is 48.3 cm³/mol. The lowest BCUT2D eigenvalue weighted by Crippen LogP contribution is -1.80. The van der Waals surface area contributed by atoms with Crippen molar-refractivity contribution in [1.82, 2.24) is 0 Å². The Morgan fingerprint density at radius 2 is 2.09 bits per heavy atom. The zero-order valence-corrected chi connectivity index (χ0v) is 6.38. The predicted octanol–water partition coefficient (Wildman–Crippen LogP) is 2.81. The van der Waals surface area contributed by atoms with Crippen LogP contribution < -0.4 is 0 Å². The molecule has 0 bridgehead atoms. The quantitative estimate of drug-likeness (QED) is 0.565. The summed E-state index contributed by atoms with van der Waals surface area (Å²) in [5.74, 6) is 0. The standard InChI is InChI=1S/C11H10/c1-2-9-7-8-10-5-3-4-6-11(9)10/h2-7H,1,8H2. The Hall–Kier alpha value is -1.30. The van der Waals surface area contributed by atoms with E-state index in [0.29, 0.717) is 0 Å². The molecule has 2 rings (SSSR count). The van der Waals surface area contributed by atoms with Gasteiger partial charge in [-0.1, -0.05) is 43.0 Å². The van der Waals surface area contributed by atoms with Crippen molar-refractivity contribution in [3.05, 3.63) is 54.1 Å². The molecule has 1 aliphatic carbocycles. The summed E-state index contributed by atoms with van der Waals surface area (Å²) in [7, 11) is 0. The van der Waals surface area contributed by atoms with Gasteiger partial charge < -0.3 is 0 Å². The maximum atomic E-state index is 3.77. The van der Waals surface area contributed by atoms with Crippen molar-refractivity contribution in [3.63, 3.8) is 0 Å². The van der Waals surface area contributed by atoms with E-state index in [0.717, 1.165) is 6.42 Å². The van der Waals surface area contributed by atoms with Crippen molar-refractivity contribution >= 4 is 5.57 Å². The monoisotopic (exact) mass is 142 g/mol. The highest BCUT2D eigenvalue weighted by Gasteiger charge is 2.08. The molecular weight excluding hydrogens is 132 g/mol. The van der Waals surface area contributed by atoms with Crippen LogP contribution in [0.2, 0.25) is 0 Å². The third-order valence-electron chi connectivity index (χ3n) is 2.09. The lowest BCUT2D eigenvalue weighted by atomic mass is 10.1. The molecule has 0 spiro atoms. The topological polar surface area (TPSA) is 0 Å². The molecule has 0 unspecified atom stereocenters. The summed E-state index contributed by atoms with van der Waals surface area (Å²) in [5, 5.41) is 0. The largest absolute Gasteiger partial charge is 0.0985 e. The molecule has 0 N–H and O–H groups in total. The van der Waals surface area contributed by atoms with Crippen molar-refractivity contribution < 1.29 is 0 Å². The summed E-state index contributed by atoms with van der Waals surface area (Å²) < 4.78 is 0. The first-order chi connectivity index (χ1) is 5.42. The van der Waals surface area contributed by atoms with Gasteiger partial charge in [-0.15, -0.1) is 0 Å². The van der Waals surface area contributed by atoms with Gasteiger partial charge in [0.15, 0.2) is 0 Å². The van der Waals surface area contributed by atoms with Gasteiger partial charge in [0.2, 0.25) is 0 Å². The summed E-state index contributed by atoms with van der Waals surface area (Å²) in [6, 6.07) is 8.47. The van der Waals surface area contributed by atoms with Gasteiger partial charge in [0.05, 0.1) is 0 Å². The van der Waals surface area contributed by atoms with E-state index in [2.05, 4.69) is 36.9 Å².